The van der Waals surface area contributed by atoms with Crippen LogP contribution in [0.2, 0.25) is 0 Å². The van der Waals surface area contributed by atoms with Crippen LogP contribution in [0.25, 0.3) is 11.0 Å². The smallest absolute Gasteiger partial charge is 0.287 e. The number of benzene rings is 1. The first-order valence-electron chi connectivity index (χ1n) is 9.72. The van der Waals surface area contributed by atoms with Gasteiger partial charge in [0.2, 0.25) is 0 Å². The summed E-state index contributed by atoms with van der Waals surface area (Å²) in [5.74, 6) is 0.337. The lowest BCUT2D eigenvalue weighted by Gasteiger charge is -2.19. The molecule has 0 unspecified atom stereocenters. The molecule has 3 rings (SSSR count). The first kappa shape index (κ1) is 18.5. The third-order valence-electron chi connectivity index (χ3n) is 5.14. The molecule has 0 atom stereocenters. The van der Waals surface area contributed by atoms with Crippen molar-refractivity contribution < 1.29 is 9.21 Å². The zero-order chi connectivity index (χ0) is 17.5. The molecule has 1 aliphatic carbocycles. The van der Waals surface area contributed by atoms with Crippen molar-refractivity contribution in [1.29, 1.82) is 0 Å². The topological polar surface area (TPSA) is 42.2 Å². The van der Waals surface area contributed by atoms with E-state index in [0.717, 1.165) is 28.3 Å². The average Bonchev–Trinajstić information content (AvgIpc) is 3.00. The van der Waals surface area contributed by atoms with Gasteiger partial charge in [0.25, 0.3) is 5.91 Å². The summed E-state index contributed by atoms with van der Waals surface area (Å²) >= 11 is 3.46. The van der Waals surface area contributed by atoms with Crippen LogP contribution in [-0.2, 0) is 0 Å². The Balaban J connectivity index is 1.61. The summed E-state index contributed by atoms with van der Waals surface area (Å²) in [7, 11) is 0. The molecule has 4 heteroatoms. The van der Waals surface area contributed by atoms with E-state index in [2.05, 4.69) is 21.2 Å². The standard InChI is InChI=1S/C21H28BrNO2/c22-17-12-13-19-16(14-17)15-20(25-19)21(24)23-18-10-8-6-4-2-1-3-5-7-9-11-18/h12-15,18H,1-11H2,(H,23,24). The van der Waals surface area contributed by atoms with E-state index in [1.807, 2.05) is 24.3 Å². The molecule has 0 saturated heterocycles. The highest BCUT2D eigenvalue weighted by Crippen LogP contribution is 2.24. The predicted octanol–water partition coefficient (Wildman–Crippen LogP) is 6.60. The Kier molecular flexibility index (Phi) is 6.97. The van der Waals surface area contributed by atoms with Crippen LogP contribution in [0.4, 0.5) is 0 Å². The number of furan rings is 1. The summed E-state index contributed by atoms with van der Waals surface area (Å²) in [5.41, 5.74) is 0.757. The summed E-state index contributed by atoms with van der Waals surface area (Å²) in [4.78, 5) is 12.6. The maximum Gasteiger partial charge on any atom is 0.287 e. The zero-order valence-electron chi connectivity index (χ0n) is 14.9. The number of hydrogen-bond acceptors (Lipinski definition) is 2. The van der Waals surface area contributed by atoms with Gasteiger partial charge < -0.3 is 9.73 Å². The Labute approximate surface area is 158 Å². The first-order valence-corrected chi connectivity index (χ1v) is 10.5. The van der Waals surface area contributed by atoms with E-state index in [1.54, 1.807) is 0 Å². The third kappa shape index (κ3) is 5.60. The van der Waals surface area contributed by atoms with Gasteiger partial charge in [-0.15, -0.1) is 0 Å². The predicted molar refractivity (Wildman–Crippen MR) is 106 cm³/mol. The van der Waals surface area contributed by atoms with Gasteiger partial charge in [0, 0.05) is 15.9 Å². The van der Waals surface area contributed by atoms with E-state index in [0.29, 0.717) is 5.76 Å². The SMILES string of the molecule is O=C(NC1CCCCCCCCCCC1)c1cc2cc(Br)ccc2o1. The Morgan fingerprint density at radius 3 is 2.16 bits per heavy atom. The van der Waals surface area contributed by atoms with Crippen molar-refractivity contribution in [1.82, 2.24) is 5.32 Å². The molecule has 136 valence electrons. The maximum absolute atomic E-state index is 12.6. The van der Waals surface area contributed by atoms with Crippen LogP contribution in [0.1, 0.15) is 81.2 Å². The number of carbonyl (C=O) groups excluding carboxylic acids is 1. The second kappa shape index (κ2) is 9.42. The molecule has 1 amide bonds. The Morgan fingerprint density at radius 1 is 0.920 bits per heavy atom. The lowest BCUT2D eigenvalue weighted by molar-refractivity contribution is 0.0905. The highest BCUT2D eigenvalue weighted by molar-refractivity contribution is 9.10. The van der Waals surface area contributed by atoms with Gasteiger partial charge in [-0.25, -0.2) is 0 Å². The molecule has 0 spiro atoms. The molecule has 1 aromatic carbocycles. The number of fused-ring (bicyclic) bond motifs is 1. The molecular formula is C21H28BrNO2. The molecule has 1 N–H and O–H groups in total. The number of amides is 1. The van der Waals surface area contributed by atoms with Gasteiger partial charge in [-0.3, -0.25) is 4.79 Å². The van der Waals surface area contributed by atoms with Gasteiger partial charge in [-0.2, -0.15) is 0 Å². The van der Waals surface area contributed by atoms with Crippen molar-refractivity contribution in [2.45, 2.75) is 76.7 Å². The molecule has 0 bridgehead atoms. The van der Waals surface area contributed by atoms with E-state index >= 15 is 0 Å². The summed E-state index contributed by atoms with van der Waals surface area (Å²) < 4.78 is 6.72. The van der Waals surface area contributed by atoms with E-state index in [9.17, 15) is 4.79 Å². The number of halogens is 1. The van der Waals surface area contributed by atoms with Crippen LogP contribution in [0, 0.1) is 0 Å². The molecule has 25 heavy (non-hydrogen) atoms. The van der Waals surface area contributed by atoms with E-state index in [4.69, 9.17) is 4.42 Å². The molecule has 1 heterocycles. The number of hydrogen-bond donors (Lipinski definition) is 1. The van der Waals surface area contributed by atoms with Gasteiger partial charge in [-0.1, -0.05) is 73.7 Å². The Morgan fingerprint density at radius 2 is 1.52 bits per heavy atom. The molecule has 1 saturated carbocycles. The van der Waals surface area contributed by atoms with Crippen molar-refractivity contribution in [2.24, 2.45) is 0 Å². The average molecular weight is 406 g/mol. The summed E-state index contributed by atoms with van der Waals surface area (Å²) in [6.45, 7) is 0. The molecule has 1 aromatic heterocycles. The summed E-state index contributed by atoms with van der Waals surface area (Å²) in [6.07, 6.45) is 13.9. The minimum atomic E-state index is -0.0792. The quantitative estimate of drug-likeness (QED) is 0.611. The highest BCUT2D eigenvalue weighted by Gasteiger charge is 2.17. The third-order valence-corrected chi connectivity index (χ3v) is 5.64. The fraction of sp³-hybridized carbons (Fsp3) is 0.571. The second-order valence-electron chi connectivity index (χ2n) is 7.22. The van der Waals surface area contributed by atoms with Gasteiger partial charge in [0.05, 0.1) is 0 Å². The van der Waals surface area contributed by atoms with Crippen LogP contribution < -0.4 is 5.32 Å². The molecule has 0 radical (unpaired) electrons. The number of rotatable bonds is 2. The van der Waals surface area contributed by atoms with Crippen LogP contribution in [0.5, 0.6) is 0 Å². The van der Waals surface area contributed by atoms with E-state index in [1.165, 1.54) is 57.8 Å². The molecular weight excluding hydrogens is 378 g/mol. The fourth-order valence-corrected chi connectivity index (χ4v) is 4.07. The van der Waals surface area contributed by atoms with Crippen molar-refractivity contribution in [2.75, 3.05) is 0 Å². The summed E-state index contributed by atoms with van der Waals surface area (Å²) in [5, 5.41) is 4.17. The zero-order valence-corrected chi connectivity index (χ0v) is 16.4. The van der Waals surface area contributed by atoms with Gasteiger partial charge in [0.1, 0.15) is 5.58 Å². The van der Waals surface area contributed by atoms with Crippen LogP contribution in [0.3, 0.4) is 0 Å². The van der Waals surface area contributed by atoms with Gasteiger partial charge >= 0.3 is 0 Å². The van der Waals surface area contributed by atoms with Crippen molar-refractivity contribution in [3.8, 4) is 0 Å². The normalized spacial score (nSPS) is 18.4. The lowest BCUT2D eigenvalue weighted by Crippen LogP contribution is -2.34. The lowest BCUT2D eigenvalue weighted by atomic mass is 9.98. The largest absolute Gasteiger partial charge is 0.451 e. The molecule has 0 aliphatic heterocycles. The molecule has 1 aliphatic rings. The minimum Gasteiger partial charge on any atom is -0.451 e. The van der Waals surface area contributed by atoms with Crippen LogP contribution >= 0.6 is 15.9 Å². The van der Waals surface area contributed by atoms with E-state index < -0.39 is 0 Å². The molecule has 1 fully saturated rings. The minimum absolute atomic E-state index is 0.0792. The van der Waals surface area contributed by atoms with Crippen LogP contribution in [-0.4, -0.2) is 11.9 Å². The molecule has 2 aromatic rings. The van der Waals surface area contributed by atoms with Crippen molar-refractivity contribution >= 4 is 32.8 Å². The highest BCUT2D eigenvalue weighted by atomic mass is 79.9. The monoisotopic (exact) mass is 405 g/mol. The Hall–Kier alpha value is -1.29. The van der Waals surface area contributed by atoms with Crippen LogP contribution in [0.15, 0.2) is 33.2 Å². The number of nitrogens with one attached hydrogen (secondary N) is 1. The van der Waals surface area contributed by atoms with Gasteiger partial charge in [0.15, 0.2) is 5.76 Å². The van der Waals surface area contributed by atoms with Gasteiger partial charge in [-0.05, 0) is 37.1 Å². The first-order chi connectivity index (χ1) is 12.2. The van der Waals surface area contributed by atoms with Crippen molar-refractivity contribution in [3.05, 3.63) is 34.5 Å². The van der Waals surface area contributed by atoms with E-state index in [-0.39, 0.29) is 11.9 Å². The second-order valence-corrected chi connectivity index (χ2v) is 8.14. The Bertz CT molecular complexity index is 682. The maximum atomic E-state index is 12.6. The molecule has 3 nitrogen and oxygen atoms in total. The summed E-state index contributed by atoms with van der Waals surface area (Å²) in [6, 6.07) is 7.91. The number of carbonyl (C=O) groups is 1. The van der Waals surface area contributed by atoms with Crippen molar-refractivity contribution in [3.63, 3.8) is 0 Å². The fourth-order valence-electron chi connectivity index (χ4n) is 3.69.